The Hall–Kier alpha value is -0.360. The van der Waals surface area contributed by atoms with Crippen molar-refractivity contribution >= 4 is 0 Å². The van der Waals surface area contributed by atoms with Gasteiger partial charge in [0.25, 0.3) is 0 Å². The molecular formula is C16H43N9. The second-order valence-corrected chi connectivity index (χ2v) is 5.96. The number of nitrogens with two attached hydrogens (primary N) is 3. The highest BCUT2D eigenvalue weighted by molar-refractivity contribution is 4.63. The van der Waals surface area contributed by atoms with Crippen LogP contribution in [0, 0.1) is 0 Å². The van der Waals surface area contributed by atoms with Gasteiger partial charge in [0.2, 0.25) is 0 Å². The molecule has 0 fully saturated rings. The molecule has 0 amide bonds. The molecule has 0 rings (SSSR count). The maximum atomic E-state index is 5.68. The van der Waals surface area contributed by atoms with Crippen LogP contribution in [0.2, 0.25) is 0 Å². The van der Waals surface area contributed by atoms with Gasteiger partial charge in [-0.15, -0.1) is 0 Å². The van der Waals surface area contributed by atoms with Crippen LogP contribution in [0.3, 0.4) is 0 Å². The zero-order chi connectivity index (χ0) is 18.4. The smallest absolute Gasteiger partial charge is 0.0108 e. The van der Waals surface area contributed by atoms with E-state index in [0.717, 1.165) is 85.1 Å². The molecule has 0 bridgehead atoms. The summed E-state index contributed by atoms with van der Waals surface area (Å²) in [7, 11) is 0. The maximum absolute atomic E-state index is 5.68. The molecule has 11 N–H and O–H groups in total. The highest BCUT2D eigenvalue weighted by atomic mass is 15.2. The zero-order valence-electron chi connectivity index (χ0n) is 16.0. The Kier molecular flexibility index (Phi) is 21.4. The predicted octanol–water partition coefficient (Wildman–Crippen LogP) is -3.89. The largest absolute Gasteiger partial charge is 0.329 e. The van der Waals surface area contributed by atoms with Gasteiger partial charge in [-0.05, 0) is 0 Å². The molecule has 0 aliphatic rings. The van der Waals surface area contributed by atoms with Crippen LogP contribution in [0.1, 0.15) is 0 Å². The van der Waals surface area contributed by atoms with E-state index in [0.29, 0.717) is 19.6 Å². The van der Waals surface area contributed by atoms with Crippen LogP contribution >= 0.6 is 0 Å². The molecule has 0 aromatic carbocycles. The van der Waals surface area contributed by atoms with Crippen LogP contribution in [-0.4, -0.2) is 110 Å². The van der Waals surface area contributed by atoms with Gasteiger partial charge in [-0.3, -0.25) is 4.90 Å². The second kappa shape index (κ2) is 21.7. The van der Waals surface area contributed by atoms with Gasteiger partial charge in [-0.1, -0.05) is 0 Å². The Bertz CT molecular complexity index is 244. The van der Waals surface area contributed by atoms with Gasteiger partial charge in [-0.25, -0.2) is 0 Å². The summed E-state index contributed by atoms with van der Waals surface area (Å²) >= 11 is 0. The summed E-state index contributed by atoms with van der Waals surface area (Å²) in [6, 6.07) is 0. The summed E-state index contributed by atoms with van der Waals surface area (Å²) in [6.45, 7) is 14.7. The molecule has 0 saturated carbocycles. The fourth-order valence-corrected chi connectivity index (χ4v) is 2.35. The summed E-state index contributed by atoms with van der Waals surface area (Å²) < 4.78 is 0. The van der Waals surface area contributed by atoms with Crippen molar-refractivity contribution in [1.29, 1.82) is 0 Å². The summed E-state index contributed by atoms with van der Waals surface area (Å²) in [6.07, 6.45) is 0. The third-order valence-electron chi connectivity index (χ3n) is 3.73. The van der Waals surface area contributed by atoms with Crippen LogP contribution in [0.15, 0.2) is 0 Å². The summed E-state index contributed by atoms with van der Waals surface area (Å²) in [5.74, 6) is 0. The van der Waals surface area contributed by atoms with E-state index in [1.54, 1.807) is 0 Å². The lowest BCUT2D eigenvalue weighted by atomic mass is 10.4. The van der Waals surface area contributed by atoms with Crippen molar-refractivity contribution < 1.29 is 0 Å². The van der Waals surface area contributed by atoms with Crippen molar-refractivity contribution in [3.63, 3.8) is 0 Å². The lowest BCUT2D eigenvalue weighted by molar-refractivity contribution is 0.280. The maximum Gasteiger partial charge on any atom is 0.0108 e. The third kappa shape index (κ3) is 19.8. The normalized spacial score (nSPS) is 11.5. The van der Waals surface area contributed by atoms with Gasteiger partial charge in [0.1, 0.15) is 0 Å². The molecule has 0 aromatic rings. The first-order chi connectivity index (χ1) is 12.3. The van der Waals surface area contributed by atoms with Crippen molar-refractivity contribution in [3.05, 3.63) is 0 Å². The summed E-state index contributed by atoms with van der Waals surface area (Å²) in [5, 5.41) is 16.9. The lowest BCUT2D eigenvalue weighted by Gasteiger charge is -2.22. The Balaban J connectivity index is 3.30. The zero-order valence-corrected chi connectivity index (χ0v) is 16.0. The molecule has 0 spiro atoms. The number of rotatable bonds is 21. The number of hydrogen-bond acceptors (Lipinski definition) is 9. The standard InChI is InChI=1S/C16H43N9/c17-1-4-20-6-7-22-8-9-23-10-11-24-13-16-25(14-3-19)15-12-21-5-2-18/h20-24H,1-19H2. The van der Waals surface area contributed by atoms with Crippen molar-refractivity contribution in [2.75, 3.05) is 105 Å². The van der Waals surface area contributed by atoms with E-state index in [9.17, 15) is 0 Å². The molecule has 0 radical (unpaired) electrons. The molecule has 9 heteroatoms. The number of nitrogens with one attached hydrogen (secondary N) is 5. The van der Waals surface area contributed by atoms with E-state index < -0.39 is 0 Å². The fraction of sp³-hybridized carbons (Fsp3) is 1.00. The van der Waals surface area contributed by atoms with Gasteiger partial charge < -0.3 is 43.8 Å². The van der Waals surface area contributed by atoms with E-state index in [4.69, 9.17) is 17.2 Å². The molecule has 152 valence electrons. The molecule has 0 heterocycles. The molecular weight excluding hydrogens is 318 g/mol. The van der Waals surface area contributed by atoms with Gasteiger partial charge in [0.15, 0.2) is 0 Å². The second-order valence-electron chi connectivity index (χ2n) is 5.96. The quantitative estimate of drug-likeness (QED) is 0.0963. The first-order valence-electron chi connectivity index (χ1n) is 9.71. The topological polar surface area (TPSA) is 141 Å². The van der Waals surface area contributed by atoms with Crippen LogP contribution in [0.5, 0.6) is 0 Å². The Morgan fingerprint density at radius 1 is 0.400 bits per heavy atom. The molecule has 0 aromatic heterocycles. The van der Waals surface area contributed by atoms with Crippen molar-refractivity contribution in [3.8, 4) is 0 Å². The van der Waals surface area contributed by atoms with Crippen LogP contribution in [0.25, 0.3) is 0 Å². The molecule has 0 unspecified atom stereocenters. The van der Waals surface area contributed by atoms with E-state index in [-0.39, 0.29) is 0 Å². The molecule has 25 heavy (non-hydrogen) atoms. The predicted molar refractivity (Wildman–Crippen MR) is 108 cm³/mol. The highest BCUT2D eigenvalue weighted by Gasteiger charge is 2.02. The van der Waals surface area contributed by atoms with E-state index >= 15 is 0 Å². The summed E-state index contributed by atoms with van der Waals surface area (Å²) in [5.41, 5.74) is 16.6. The van der Waals surface area contributed by atoms with Gasteiger partial charge in [0.05, 0.1) is 0 Å². The fourth-order valence-electron chi connectivity index (χ4n) is 2.35. The molecule has 9 nitrogen and oxygen atoms in total. The Labute approximate surface area is 154 Å². The van der Waals surface area contributed by atoms with Crippen molar-refractivity contribution in [2.45, 2.75) is 0 Å². The van der Waals surface area contributed by atoms with Gasteiger partial charge in [-0.2, -0.15) is 0 Å². The minimum atomic E-state index is 0.687. The van der Waals surface area contributed by atoms with Crippen LogP contribution in [0.4, 0.5) is 0 Å². The third-order valence-corrected chi connectivity index (χ3v) is 3.73. The number of nitrogens with zero attached hydrogens (tertiary/aromatic N) is 1. The summed E-state index contributed by atoms with van der Waals surface area (Å²) in [4.78, 5) is 2.38. The van der Waals surface area contributed by atoms with Crippen LogP contribution in [-0.2, 0) is 0 Å². The first-order valence-corrected chi connectivity index (χ1v) is 9.71. The minimum Gasteiger partial charge on any atom is -0.329 e. The molecule has 0 saturated heterocycles. The van der Waals surface area contributed by atoms with Gasteiger partial charge in [0, 0.05) is 105 Å². The average Bonchev–Trinajstić information content (AvgIpc) is 2.62. The number of hydrogen-bond donors (Lipinski definition) is 8. The monoisotopic (exact) mass is 361 g/mol. The van der Waals surface area contributed by atoms with Gasteiger partial charge >= 0.3 is 0 Å². The van der Waals surface area contributed by atoms with E-state index in [1.807, 2.05) is 0 Å². The highest BCUT2D eigenvalue weighted by Crippen LogP contribution is 1.84. The first kappa shape index (κ1) is 24.6. The molecule has 0 atom stereocenters. The van der Waals surface area contributed by atoms with Crippen molar-refractivity contribution in [2.24, 2.45) is 17.2 Å². The van der Waals surface area contributed by atoms with Crippen molar-refractivity contribution in [1.82, 2.24) is 31.5 Å². The lowest BCUT2D eigenvalue weighted by Crippen LogP contribution is -2.41. The molecule has 0 aliphatic heterocycles. The van der Waals surface area contributed by atoms with E-state index in [2.05, 4.69) is 31.5 Å². The Morgan fingerprint density at radius 2 is 0.760 bits per heavy atom. The minimum absolute atomic E-state index is 0.687. The Morgan fingerprint density at radius 3 is 1.16 bits per heavy atom. The SMILES string of the molecule is NCCNCCNCCNCCNCCN(CCN)CCNCCN. The van der Waals surface area contributed by atoms with E-state index in [1.165, 1.54) is 0 Å². The molecule has 0 aliphatic carbocycles. The average molecular weight is 362 g/mol. The van der Waals surface area contributed by atoms with Crippen LogP contribution < -0.4 is 43.8 Å².